The molecule has 0 bridgehead atoms. The van der Waals surface area contributed by atoms with E-state index in [2.05, 4.69) is 9.72 Å². The molecule has 0 atom stereocenters. The number of nitrogens with zero attached hydrogens (tertiary/aromatic N) is 2. The van der Waals surface area contributed by atoms with Gasteiger partial charge in [0, 0.05) is 11.4 Å². The van der Waals surface area contributed by atoms with E-state index in [0.29, 0.717) is 6.20 Å². The summed E-state index contributed by atoms with van der Waals surface area (Å²) in [6.45, 7) is 0. The van der Waals surface area contributed by atoms with Crippen LogP contribution in [0.2, 0.25) is 0 Å². The van der Waals surface area contributed by atoms with Crippen molar-refractivity contribution in [3.8, 4) is 11.8 Å². The van der Waals surface area contributed by atoms with Crippen molar-refractivity contribution >= 4 is 11.6 Å². The molecule has 3 nitrogen and oxygen atoms in total. The van der Waals surface area contributed by atoms with E-state index in [1.807, 2.05) is 0 Å². The highest BCUT2D eigenvalue weighted by molar-refractivity contribution is 6.17. The van der Waals surface area contributed by atoms with Gasteiger partial charge < -0.3 is 4.74 Å². The molecular weight excluding hydrogens is 295 g/mol. The average molecular weight is 301 g/mol. The van der Waals surface area contributed by atoms with Gasteiger partial charge >= 0.3 is 6.36 Å². The van der Waals surface area contributed by atoms with Crippen molar-refractivity contribution in [2.45, 2.75) is 25.1 Å². The van der Waals surface area contributed by atoms with Gasteiger partial charge in [0.25, 0.3) is 6.43 Å². The summed E-state index contributed by atoms with van der Waals surface area (Å²) in [7, 11) is 0. The zero-order valence-corrected chi connectivity index (χ0v) is 9.90. The Morgan fingerprint density at radius 2 is 2.05 bits per heavy atom. The molecule has 0 fully saturated rings. The Hall–Kier alpha value is -1.62. The van der Waals surface area contributed by atoms with Crippen LogP contribution >= 0.6 is 11.6 Å². The van der Waals surface area contributed by atoms with Crippen molar-refractivity contribution in [2.24, 2.45) is 0 Å². The van der Waals surface area contributed by atoms with Crippen LogP contribution in [0.4, 0.5) is 22.0 Å². The molecule has 0 aromatic carbocycles. The summed E-state index contributed by atoms with van der Waals surface area (Å²) in [6.07, 6.45) is -8.18. The monoisotopic (exact) mass is 300 g/mol. The molecule has 0 N–H and O–H groups in total. The maximum Gasteiger partial charge on any atom is 0.573 e. The van der Waals surface area contributed by atoms with Crippen LogP contribution < -0.4 is 4.74 Å². The maximum absolute atomic E-state index is 12.9. The largest absolute Gasteiger partial charge is 0.573 e. The SMILES string of the molecule is N#CCc1ncc(OC(F)(F)F)c(C(F)F)c1CCl. The maximum atomic E-state index is 12.9. The fraction of sp³-hybridized carbons (Fsp3) is 0.400. The van der Waals surface area contributed by atoms with Crippen molar-refractivity contribution in [1.29, 1.82) is 5.26 Å². The lowest BCUT2D eigenvalue weighted by molar-refractivity contribution is -0.275. The van der Waals surface area contributed by atoms with Crippen molar-refractivity contribution in [1.82, 2.24) is 4.98 Å². The Balaban J connectivity index is 3.38. The minimum absolute atomic E-state index is 0.0951. The molecule has 0 aliphatic rings. The van der Waals surface area contributed by atoms with Gasteiger partial charge in [-0.05, 0) is 0 Å². The highest BCUT2D eigenvalue weighted by atomic mass is 35.5. The number of ether oxygens (including phenoxy) is 1. The van der Waals surface area contributed by atoms with Crippen molar-refractivity contribution in [2.75, 3.05) is 0 Å². The molecule has 0 unspecified atom stereocenters. The van der Waals surface area contributed by atoms with Gasteiger partial charge in [0.2, 0.25) is 0 Å². The molecule has 19 heavy (non-hydrogen) atoms. The second-order valence-electron chi connectivity index (χ2n) is 3.28. The van der Waals surface area contributed by atoms with E-state index in [1.165, 1.54) is 0 Å². The minimum Gasteiger partial charge on any atom is -0.404 e. The van der Waals surface area contributed by atoms with Crippen LogP contribution in [-0.2, 0) is 12.3 Å². The lowest BCUT2D eigenvalue weighted by atomic mass is 10.1. The zero-order valence-electron chi connectivity index (χ0n) is 9.14. The number of halogens is 6. The first-order valence-electron chi connectivity index (χ1n) is 4.77. The van der Waals surface area contributed by atoms with E-state index in [4.69, 9.17) is 16.9 Å². The predicted octanol–water partition coefficient (Wildman–Crippen LogP) is 3.72. The summed E-state index contributed by atoms with van der Waals surface area (Å²) in [5.74, 6) is -1.61. The molecule has 0 saturated heterocycles. The second kappa shape index (κ2) is 6.02. The lowest BCUT2D eigenvalue weighted by Gasteiger charge is -2.16. The smallest absolute Gasteiger partial charge is 0.404 e. The summed E-state index contributed by atoms with van der Waals surface area (Å²) < 4.78 is 65.5. The standard InChI is InChI=1S/C10H6ClF5N2O/c11-3-5-6(1-2-17)18-4-7(8(5)9(12)13)19-10(14,15)16/h4,9H,1,3H2. The van der Waals surface area contributed by atoms with Crippen LogP contribution in [0, 0.1) is 11.3 Å². The van der Waals surface area contributed by atoms with Crippen molar-refractivity contribution in [3.05, 3.63) is 23.0 Å². The van der Waals surface area contributed by atoms with Crippen molar-refractivity contribution in [3.63, 3.8) is 0 Å². The third kappa shape index (κ3) is 3.92. The van der Waals surface area contributed by atoms with Crippen LogP contribution in [0.3, 0.4) is 0 Å². The zero-order chi connectivity index (χ0) is 14.6. The number of hydrogen-bond donors (Lipinski definition) is 0. The van der Waals surface area contributed by atoms with Crippen LogP contribution in [0.5, 0.6) is 5.75 Å². The number of aromatic nitrogens is 1. The van der Waals surface area contributed by atoms with Crippen LogP contribution in [-0.4, -0.2) is 11.3 Å². The molecule has 0 radical (unpaired) electrons. The van der Waals surface area contributed by atoms with Gasteiger partial charge in [-0.15, -0.1) is 24.8 Å². The predicted molar refractivity (Wildman–Crippen MR) is 54.8 cm³/mol. The Labute approximate surface area is 109 Å². The fourth-order valence-electron chi connectivity index (χ4n) is 1.41. The molecule has 1 aromatic rings. The normalized spacial score (nSPS) is 11.5. The summed E-state index contributed by atoms with van der Waals surface area (Å²) in [5, 5.41) is 8.49. The Bertz CT molecular complexity index is 498. The molecule has 0 spiro atoms. The van der Waals surface area contributed by atoms with E-state index in [1.54, 1.807) is 6.07 Å². The lowest BCUT2D eigenvalue weighted by Crippen LogP contribution is -2.19. The summed E-state index contributed by atoms with van der Waals surface area (Å²) in [6, 6.07) is 1.66. The number of hydrogen-bond acceptors (Lipinski definition) is 3. The summed E-state index contributed by atoms with van der Waals surface area (Å²) in [5.41, 5.74) is -1.41. The highest BCUT2D eigenvalue weighted by Crippen LogP contribution is 2.36. The van der Waals surface area contributed by atoms with E-state index in [-0.39, 0.29) is 17.7 Å². The van der Waals surface area contributed by atoms with Gasteiger partial charge in [-0.2, -0.15) is 5.26 Å². The summed E-state index contributed by atoms with van der Waals surface area (Å²) in [4.78, 5) is 3.50. The third-order valence-electron chi connectivity index (χ3n) is 2.10. The van der Waals surface area contributed by atoms with Crippen LogP contribution in [0.25, 0.3) is 0 Å². The summed E-state index contributed by atoms with van der Waals surface area (Å²) >= 11 is 5.44. The van der Waals surface area contributed by atoms with E-state index in [0.717, 1.165) is 0 Å². The number of pyridine rings is 1. The molecule has 1 aromatic heterocycles. The Morgan fingerprint density at radius 3 is 2.47 bits per heavy atom. The molecule has 1 rings (SSSR count). The number of nitriles is 1. The number of alkyl halides is 6. The average Bonchev–Trinajstić information content (AvgIpc) is 2.28. The molecule has 104 valence electrons. The topological polar surface area (TPSA) is 45.9 Å². The molecule has 1 heterocycles. The van der Waals surface area contributed by atoms with Crippen LogP contribution in [0.1, 0.15) is 23.2 Å². The van der Waals surface area contributed by atoms with E-state index < -0.39 is 30.0 Å². The first-order chi connectivity index (χ1) is 8.80. The van der Waals surface area contributed by atoms with E-state index >= 15 is 0 Å². The van der Waals surface area contributed by atoms with E-state index in [9.17, 15) is 22.0 Å². The fourth-order valence-corrected chi connectivity index (χ4v) is 1.71. The van der Waals surface area contributed by atoms with Gasteiger partial charge in [0.1, 0.15) is 0 Å². The van der Waals surface area contributed by atoms with Gasteiger partial charge in [0.15, 0.2) is 5.75 Å². The molecule has 9 heteroatoms. The quantitative estimate of drug-likeness (QED) is 0.629. The molecule has 0 amide bonds. The van der Waals surface area contributed by atoms with Crippen LogP contribution in [0.15, 0.2) is 6.20 Å². The minimum atomic E-state index is -5.12. The van der Waals surface area contributed by atoms with Gasteiger partial charge in [-0.1, -0.05) is 0 Å². The van der Waals surface area contributed by atoms with Gasteiger partial charge in [-0.3, -0.25) is 4.98 Å². The molecule has 0 aliphatic carbocycles. The Kier molecular flexibility index (Phi) is 4.89. The number of rotatable bonds is 4. The molecule has 0 saturated carbocycles. The first kappa shape index (κ1) is 15.4. The second-order valence-corrected chi connectivity index (χ2v) is 3.55. The third-order valence-corrected chi connectivity index (χ3v) is 2.37. The van der Waals surface area contributed by atoms with Gasteiger partial charge in [-0.25, -0.2) is 8.78 Å². The van der Waals surface area contributed by atoms with Crippen molar-refractivity contribution < 1.29 is 26.7 Å². The molecular formula is C10H6ClF5N2O. The highest BCUT2D eigenvalue weighted by Gasteiger charge is 2.34. The van der Waals surface area contributed by atoms with Gasteiger partial charge in [0.05, 0.1) is 29.9 Å². The first-order valence-corrected chi connectivity index (χ1v) is 5.31. The molecule has 0 aliphatic heterocycles. The Morgan fingerprint density at radius 1 is 1.42 bits per heavy atom.